The lowest BCUT2D eigenvalue weighted by Gasteiger charge is -2.39. The summed E-state index contributed by atoms with van der Waals surface area (Å²) in [5.74, 6) is -0.00569. The highest BCUT2D eigenvalue weighted by atomic mass is 35.5. The predicted octanol–water partition coefficient (Wildman–Crippen LogP) is 2.24. The Kier molecular flexibility index (Phi) is 3.50. The lowest BCUT2D eigenvalue weighted by atomic mass is 10.1. The van der Waals surface area contributed by atoms with Crippen molar-refractivity contribution < 1.29 is 4.74 Å². The number of nitrogens with one attached hydrogen (secondary N) is 1. The molecule has 3 N–H and O–H groups in total. The molecule has 4 nitrogen and oxygen atoms in total. The fourth-order valence-corrected chi connectivity index (χ4v) is 2.43. The number of anilines is 1. The minimum atomic E-state index is -0.149. The zero-order chi connectivity index (χ0) is 13.3. The summed E-state index contributed by atoms with van der Waals surface area (Å²) < 4.78 is 5.68. The second-order valence-corrected chi connectivity index (χ2v) is 5.51. The number of benzene rings is 1. The van der Waals surface area contributed by atoms with Crippen molar-refractivity contribution in [1.82, 2.24) is 0 Å². The first-order valence-corrected chi connectivity index (χ1v) is 6.30. The van der Waals surface area contributed by atoms with Gasteiger partial charge in [-0.15, -0.1) is 0 Å². The van der Waals surface area contributed by atoms with Crippen molar-refractivity contribution in [1.29, 1.82) is 5.41 Å². The van der Waals surface area contributed by atoms with Crippen LogP contribution < -0.4 is 10.6 Å². The lowest BCUT2D eigenvalue weighted by molar-refractivity contribution is -0.0276. The van der Waals surface area contributed by atoms with Crippen LogP contribution in [0.3, 0.4) is 0 Å². The zero-order valence-electron chi connectivity index (χ0n) is 10.7. The molecule has 0 spiro atoms. The Morgan fingerprint density at radius 1 is 1.50 bits per heavy atom. The third-order valence-electron chi connectivity index (χ3n) is 3.03. The third-order valence-corrected chi connectivity index (χ3v) is 3.35. The number of ether oxygens (including phenoxy) is 1. The van der Waals surface area contributed by atoms with Gasteiger partial charge < -0.3 is 15.4 Å². The molecule has 0 bridgehead atoms. The first-order valence-electron chi connectivity index (χ1n) is 5.92. The van der Waals surface area contributed by atoms with Crippen LogP contribution in [0.15, 0.2) is 18.2 Å². The third kappa shape index (κ3) is 2.76. The van der Waals surface area contributed by atoms with Crippen molar-refractivity contribution in [3.8, 4) is 0 Å². The van der Waals surface area contributed by atoms with Crippen LogP contribution in [-0.4, -0.2) is 31.1 Å². The van der Waals surface area contributed by atoms with Gasteiger partial charge in [0.2, 0.25) is 0 Å². The molecule has 1 aliphatic heterocycles. The number of amidine groups is 1. The Bertz CT molecular complexity index is 473. The number of rotatable bonds is 2. The fourth-order valence-electron chi connectivity index (χ4n) is 2.16. The lowest BCUT2D eigenvalue weighted by Crippen LogP contribution is -2.48. The van der Waals surface area contributed by atoms with E-state index in [1.807, 2.05) is 12.1 Å². The summed E-state index contributed by atoms with van der Waals surface area (Å²) in [5, 5.41) is 7.93. The van der Waals surface area contributed by atoms with E-state index in [0.717, 1.165) is 18.8 Å². The van der Waals surface area contributed by atoms with Gasteiger partial charge in [-0.05, 0) is 32.0 Å². The number of nitrogen functional groups attached to an aromatic ring is 1. The molecular weight excluding hydrogens is 250 g/mol. The van der Waals surface area contributed by atoms with E-state index in [-0.39, 0.29) is 11.4 Å². The summed E-state index contributed by atoms with van der Waals surface area (Å²) in [6.45, 7) is 6.52. The van der Waals surface area contributed by atoms with Crippen molar-refractivity contribution in [2.45, 2.75) is 19.4 Å². The van der Waals surface area contributed by atoms with E-state index < -0.39 is 0 Å². The summed E-state index contributed by atoms with van der Waals surface area (Å²) in [5.41, 5.74) is 6.92. The molecule has 0 unspecified atom stereocenters. The molecule has 0 aromatic heterocycles. The highest BCUT2D eigenvalue weighted by Crippen LogP contribution is 2.27. The summed E-state index contributed by atoms with van der Waals surface area (Å²) in [4.78, 5) is 2.24. The number of halogens is 1. The maximum atomic E-state index is 7.41. The average Bonchev–Trinajstić information content (AvgIpc) is 2.27. The fraction of sp³-hybridized carbons (Fsp3) is 0.462. The molecule has 2 rings (SSSR count). The van der Waals surface area contributed by atoms with Crippen molar-refractivity contribution in [3.05, 3.63) is 28.8 Å². The highest BCUT2D eigenvalue weighted by molar-refractivity contribution is 6.34. The largest absolute Gasteiger partial charge is 0.384 e. The topological polar surface area (TPSA) is 62.3 Å². The van der Waals surface area contributed by atoms with E-state index in [4.69, 9.17) is 27.5 Å². The summed E-state index contributed by atoms with van der Waals surface area (Å²) >= 11 is 6.14. The van der Waals surface area contributed by atoms with E-state index in [1.54, 1.807) is 6.07 Å². The molecule has 0 aliphatic carbocycles. The summed E-state index contributed by atoms with van der Waals surface area (Å²) in [7, 11) is 0. The Balaban J connectivity index is 2.24. The second kappa shape index (κ2) is 4.78. The van der Waals surface area contributed by atoms with Crippen LogP contribution in [0.2, 0.25) is 5.02 Å². The Labute approximate surface area is 112 Å². The van der Waals surface area contributed by atoms with Gasteiger partial charge in [0, 0.05) is 24.3 Å². The number of nitrogens with two attached hydrogens (primary N) is 1. The highest BCUT2D eigenvalue weighted by Gasteiger charge is 2.27. The van der Waals surface area contributed by atoms with E-state index in [0.29, 0.717) is 17.2 Å². The van der Waals surface area contributed by atoms with Gasteiger partial charge in [0.05, 0.1) is 17.2 Å². The van der Waals surface area contributed by atoms with Crippen LogP contribution in [0.4, 0.5) is 5.69 Å². The van der Waals surface area contributed by atoms with Crippen LogP contribution in [0.5, 0.6) is 0 Å². The van der Waals surface area contributed by atoms with Gasteiger partial charge in [-0.25, -0.2) is 0 Å². The van der Waals surface area contributed by atoms with Crippen LogP contribution in [-0.2, 0) is 4.74 Å². The van der Waals surface area contributed by atoms with Crippen molar-refractivity contribution in [3.63, 3.8) is 0 Å². The normalized spacial score (nSPS) is 18.7. The Hall–Kier alpha value is -1.26. The van der Waals surface area contributed by atoms with Crippen molar-refractivity contribution in [2.24, 2.45) is 5.73 Å². The molecule has 0 atom stereocenters. The SMILES string of the molecule is CC1(C)CN(c2ccc(C(=N)N)c(Cl)c2)CCO1. The van der Waals surface area contributed by atoms with Crippen molar-refractivity contribution >= 4 is 23.1 Å². The molecule has 18 heavy (non-hydrogen) atoms. The van der Waals surface area contributed by atoms with Gasteiger partial charge in [0.15, 0.2) is 0 Å². The summed E-state index contributed by atoms with van der Waals surface area (Å²) in [6.07, 6.45) is 0. The molecule has 0 radical (unpaired) electrons. The molecular formula is C13H18ClN3O. The van der Waals surface area contributed by atoms with Crippen LogP contribution >= 0.6 is 11.6 Å². The average molecular weight is 268 g/mol. The Morgan fingerprint density at radius 2 is 2.22 bits per heavy atom. The van der Waals surface area contributed by atoms with Gasteiger partial charge in [-0.1, -0.05) is 11.6 Å². The summed E-state index contributed by atoms with van der Waals surface area (Å²) in [6, 6.07) is 5.60. The van der Waals surface area contributed by atoms with E-state index in [2.05, 4.69) is 18.7 Å². The molecule has 1 aromatic carbocycles. The molecule has 1 fully saturated rings. The maximum Gasteiger partial charge on any atom is 0.124 e. The van der Waals surface area contributed by atoms with Crippen LogP contribution in [0.1, 0.15) is 19.4 Å². The van der Waals surface area contributed by atoms with E-state index in [1.165, 1.54) is 0 Å². The minimum absolute atomic E-state index is 0.00569. The molecule has 1 saturated heterocycles. The standard InChI is InChI=1S/C13H18ClN3O/c1-13(2)8-17(5-6-18-13)9-3-4-10(12(15)16)11(14)7-9/h3-4,7H,5-6,8H2,1-2H3,(H3,15,16). The predicted molar refractivity (Wildman–Crippen MR) is 74.7 cm³/mol. The number of hydrogen-bond donors (Lipinski definition) is 2. The van der Waals surface area contributed by atoms with Gasteiger partial charge in [-0.2, -0.15) is 0 Å². The number of nitrogens with zero attached hydrogens (tertiary/aromatic N) is 1. The van der Waals surface area contributed by atoms with Crippen LogP contribution in [0, 0.1) is 5.41 Å². The first kappa shape index (κ1) is 13.2. The monoisotopic (exact) mass is 267 g/mol. The quantitative estimate of drug-likeness (QED) is 0.638. The molecule has 5 heteroatoms. The van der Waals surface area contributed by atoms with E-state index >= 15 is 0 Å². The smallest absolute Gasteiger partial charge is 0.124 e. The number of morpholine rings is 1. The molecule has 1 heterocycles. The molecule has 0 saturated carbocycles. The Morgan fingerprint density at radius 3 is 2.78 bits per heavy atom. The molecule has 1 aromatic rings. The minimum Gasteiger partial charge on any atom is -0.384 e. The molecule has 1 aliphatic rings. The van der Waals surface area contributed by atoms with Gasteiger partial charge in [0.25, 0.3) is 0 Å². The van der Waals surface area contributed by atoms with Crippen molar-refractivity contribution in [2.75, 3.05) is 24.6 Å². The first-order chi connectivity index (χ1) is 8.39. The van der Waals surface area contributed by atoms with Gasteiger partial charge >= 0.3 is 0 Å². The second-order valence-electron chi connectivity index (χ2n) is 5.11. The zero-order valence-corrected chi connectivity index (χ0v) is 11.4. The van der Waals surface area contributed by atoms with E-state index in [9.17, 15) is 0 Å². The molecule has 0 amide bonds. The van der Waals surface area contributed by atoms with Crippen LogP contribution in [0.25, 0.3) is 0 Å². The maximum absolute atomic E-state index is 7.41. The van der Waals surface area contributed by atoms with Gasteiger partial charge in [-0.3, -0.25) is 5.41 Å². The molecule has 98 valence electrons. The van der Waals surface area contributed by atoms with Gasteiger partial charge in [0.1, 0.15) is 5.84 Å². The number of hydrogen-bond acceptors (Lipinski definition) is 3.